The Labute approximate surface area is 108 Å². The molecule has 17 heavy (non-hydrogen) atoms. The number of hydrogen-bond acceptors (Lipinski definition) is 3. The molecule has 0 spiro atoms. The molecular weight excluding hydrogens is 253 g/mol. The maximum atomic E-state index is 12.5. The van der Waals surface area contributed by atoms with Crippen molar-refractivity contribution in [1.29, 1.82) is 0 Å². The summed E-state index contributed by atoms with van der Waals surface area (Å²) in [6.45, 7) is 4.43. The van der Waals surface area contributed by atoms with Gasteiger partial charge in [-0.15, -0.1) is 0 Å². The summed E-state index contributed by atoms with van der Waals surface area (Å²) >= 11 is 1.78. The maximum Gasteiger partial charge on any atom is 0.294 e. The number of anilines is 1. The molecule has 0 heterocycles. The highest BCUT2D eigenvalue weighted by atomic mass is 32.2. The fourth-order valence-corrected chi connectivity index (χ4v) is 4.43. The molecule has 1 aromatic carbocycles. The van der Waals surface area contributed by atoms with E-state index in [-0.39, 0.29) is 0 Å². The Hall–Kier alpha value is -0.440. The molecule has 0 amide bonds. The van der Waals surface area contributed by atoms with Gasteiger partial charge in [0.05, 0.1) is 12.8 Å². The molecule has 0 aliphatic carbocycles. The van der Waals surface area contributed by atoms with Crippen molar-refractivity contribution < 1.29 is 9.09 Å². The number of benzene rings is 1. The average Bonchev–Trinajstić information content (AvgIpc) is 2.31. The lowest BCUT2D eigenvalue weighted by molar-refractivity contribution is 0.338. The Kier molecular flexibility index (Phi) is 6.71. The predicted octanol–water partition coefficient (Wildman–Crippen LogP) is 4.08. The van der Waals surface area contributed by atoms with Gasteiger partial charge in [0.2, 0.25) is 0 Å². The first kappa shape index (κ1) is 14.6. The van der Waals surface area contributed by atoms with E-state index in [4.69, 9.17) is 4.52 Å². The number of para-hydroxylation sites is 1. The quantitative estimate of drug-likeness (QED) is 0.572. The van der Waals surface area contributed by atoms with E-state index in [0.717, 1.165) is 17.2 Å². The molecule has 0 radical (unpaired) electrons. The van der Waals surface area contributed by atoms with Gasteiger partial charge in [-0.2, -0.15) is 11.8 Å². The lowest BCUT2D eigenvalue weighted by Gasteiger charge is -2.19. The van der Waals surface area contributed by atoms with Crippen molar-refractivity contribution in [1.82, 2.24) is 0 Å². The number of thioether (sulfide) groups is 1. The van der Waals surface area contributed by atoms with Crippen LogP contribution in [-0.4, -0.2) is 24.3 Å². The highest BCUT2D eigenvalue weighted by Crippen LogP contribution is 2.46. The second-order valence-electron chi connectivity index (χ2n) is 3.49. The summed E-state index contributed by atoms with van der Waals surface area (Å²) in [5.74, 6) is 1.89. The lowest BCUT2D eigenvalue weighted by Crippen LogP contribution is -2.06. The van der Waals surface area contributed by atoms with E-state index in [1.807, 2.05) is 37.3 Å². The minimum Gasteiger partial charge on any atom is -0.315 e. The van der Waals surface area contributed by atoms with E-state index in [1.54, 1.807) is 11.8 Å². The molecule has 3 nitrogen and oxygen atoms in total. The van der Waals surface area contributed by atoms with Gasteiger partial charge < -0.3 is 9.61 Å². The molecule has 0 aromatic heterocycles. The molecule has 1 rings (SSSR count). The van der Waals surface area contributed by atoms with Gasteiger partial charge in [-0.3, -0.25) is 4.57 Å². The molecule has 0 saturated carbocycles. The van der Waals surface area contributed by atoms with Crippen LogP contribution < -0.4 is 5.09 Å². The summed E-state index contributed by atoms with van der Waals surface area (Å²) in [5, 5.41) is 3.04. The van der Waals surface area contributed by atoms with E-state index in [2.05, 4.69) is 12.0 Å². The fourth-order valence-electron chi connectivity index (χ4n) is 1.40. The van der Waals surface area contributed by atoms with Gasteiger partial charge in [0.1, 0.15) is 0 Å². The van der Waals surface area contributed by atoms with Gasteiger partial charge in [0.25, 0.3) is 7.52 Å². The zero-order chi connectivity index (χ0) is 12.6. The molecule has 1 aromatic rings. The van der Waals surface area contributed by atoms with Gasteiger partial charge in [-0.1, -0.05) is 25.1 Å². The van der Waals surface area contributed by atoms with Crippen molar-refractivity contribution in [3.05, 3.63) is 30.3 Å². The van der Waals surface area contributed by atoms with E-state index >= 15 is 0 Å². The van der Waals surface area contributed by atoms with Gasteiger partial charge in [-0.25, -0.2) is 0 Å². The summed E-state index contributed by atoms with van der Waals surface area (Å²) in [4.78, 5) is 0. The van der Waals surface area contributed by atoms with Crippen LogP contribution in [0.3, 0.4) is 0 Å². The van der Waals surface area contributed by atoms with Crippen LogP contribution in [0.1, 0.15) is 13.8 Å². The second-order valence-corrected chi connectivity index (χ2v) is 7.16. The predicted molar refractivity (Wildman–Crippen MR) is 77.2 cm³/mol. The summed E-state index contributed by atoms with van der Waals surface area (Å²) in [6.07, 6.45) is 0.564. The van der Waals surface area contributed by atoms with Crippen LogP contribution in [0.5, 0.6) is 0 Å². The first-order chi connectivity index (χ1) is 8.20. The minimum atomic E-state index is -2.74. The summed E-state index contributed by atoms with van der Waals surface area (Å²) in [7, 11) is -2.74. The molecule has 1 N–H and O–H groups in total. The van der Waals surface area contributed by atoms with Crippen molar-refractivity contribution in [2.75, 3.05) is 29.4 Å². The highest BCUT2D eigenvalue weighted by Gasteiger charge is 2.21. The molecule has 1 unspecified atom stereocenters. The summed E-state index contributed by atoms with van der Waals surface area (Å²) < 4.78 is 17.9. The van der Waals surface area contributed by atoms with Crippen LogP contribution >= 0.6 is 19.3 Å². The monoisotopic (exact) mass is 273 g/mol. The fraction of sp³-hybridized carbons (Fsp3) is 0.500. The molecule has 5 heteroatoms. The van der Waals surface area contributed by atoms with E-state index in [0.29, 0.717) is 12.8 Å². The second kappa shape index (κ2) is 7.80. The number of rotatable bonds is 8. The highest BCUT2D eigenvalue weighted by molar-refractivity contribution is 7.99. The SMILES string of the molecule is CCOP(=O)(CCSCC)Nc1ccccc1. The average molecular weight is 273 g/mol. The molecule has 96 valence electrons. The molecule has 0 bridgehead atoms. The van der Waals surface area contributed by atoms with Crippen LogP contribution in [-0.2, 0) is 9.09 Å². The van der Waals surface area contributed by atoms with Gasteiger partial charge in [0, 0.05) is 11.4 Å². The van der Waals surface area contributed by atoms with Crippen LogP contribution in [0.4, 0.5) is 5.69 Å². The smallest absolute Gasteiger partial charge is 0.294 e. The third-order valence-corrected chi connectivity index (χ3v) is 5.44. The van der Waals surface area contributed by atoms with Crippen LogP contribution in [0, 0.1) is 0 Å². The normalized spacial score (nSPS) is 14.2. The Morgan fingerprint density at radius 1 is 1.29 bits per heavy atom. The Morgan fingerprint density at radius 2 is 2.00 bits per heavy atom. The first-order valence-corrected chi connectivity index (χ1v) is 8.81. The minimum absolute atomic E-state index is 0.466. The van der Waals surface area contributed by atoms with Crippen molar-refractivity contribution >= 4 is 25.0 Å². The Bertz CT molecular complexity index is 359. The largest absolute Gasteiger partial charge is 0.315 e. The summed E-state index contributed by atoms with van der Waals surface area (Å²) in [5.41, 5.74) is 0.853. The molecule has 0 aliphatic rings. The van der Waals surface area contributed by atoms with Crippen molar-refractivity contribution in [3.8, 4) is 0 Å². The lowest BCUT2D eigenvalue weighted by atomic mass is 10.3. The first-order valence-electron chi connectivity index (χ1n) is 5.85. The van der Waals surface area contributed by atoms with Gasteiger partial charge >= 0.3 is 0 Å². The van der Waals surface area contributed by atoms with E-state index in [1.165, 1.54) is 0 Å². The van der Waals surface area contributed by atoms with Crippen molar-refractivity contribution in [2.45, 2.75) is 13.8 Å². The standard InChI is InChI=1S/C12H20NO2PS/c1-3-15-16(14,10-11-17-4-2)13-12-8-6-5-7-9-12/h5-9H,3-4,10-11H2,1-2H3,(H,13,14). The van der Waals surface area contributed by atoms with Crippen molar-refractivity contribution in [2.24, 2.45) is 0 Å². The zero-order valence-corrected chi connectivity index (χ0v) is 12.1. The maximum absolute atomic E-state index is 12.5. The third kappa shape index (κ3) is 5.62. The molecule has 0 aliphatic heterocycles. The zero-order valence-electron chi connectivity index (χ0n) is 10.4. The van der Waals surface area contributed by atoms with E-state index < -0.39 is 7.52 Å². The number of hydrogen-bond donors (Lipinski definition) is 1. The molecule has 0 saturated heterocycles. The van der Waals surface area contributed by atoms with Gasteiger partial charge in [0.15, 0.2) is 0 Å². The molecular formula is C12H20NO2PS. The Morgan fingerprint density at radius 3 is 2.59 bits per heavy atom. The molecule has 1 atom stereocenters. The Balaban J connectivity index is 2.61. The third-order valence-electron chi connectivity index (χ3n) is 2.14. The van der Waals surface area contributed by atoms with Crippen LogP contribution in [0.25, 0.3) is 0 Å². The molecule has 0 fully saturated rings. The van der Waals surface area contributed by atoms with Crippen LogP contribution in [0.2, 0.25) is 0 Å². The topological polar surface area (TPSA) is 38.3 Å². The van der Waals surface area contributed by atoms with Crippen LogP contribution in [0.15, 0.2) is 30.3 Å². The number of nitrogens with one attached hydrogen (secondary N) is 1. The summed E-state index contributed by atoms with van der Waals surface area (Å²) in [6, 6.07) is 9.57. The van der Waals surface area contributed by atoms with Crippen molar-refractivity contribution in [3.63, 3.8) is 0 Å². The van der Waals surface area contributed by atoms with E-state index in [9.17, 15) is 4.57 Å². The van der Waals surface area contributed by atoms with Gasteiger partial charge in [-0.05, 0) is 24.8 Å².